The van der Waals surface area contributed by atoms with Crippen LogP contribution in [0.1, 0.15) is 38.3 Å². The molecule has 0 saturated heterocycles. The third-order valence-electron chi connectivity index (χ3n) is 2.66. The van der Waals surface area contributed by atoms with Crippen molar-refractivity contribution in [3.8, 4) is 5.75 Å². The van der Waals surface area contributed by atoms with Gasteiger partial charge in [0.25, 0.3) is 0 Å². The number of methoxy groups -OCH3 is 1. The first-order valence-corrected chi connectivity index (χ1v) is 6.43. The van der Waals surface area contributed by atoms with Crippen molar-refractivity contribution >= 4 is 15.9 Å². The van der Waals surface area contributed by atoms with E-state index in [-0.39, 0.29) is 6.04 Å². The molecule has 0 aliphatic carbocycles. The minimum Gasteiger partial charge on any atom is -0.497 e. The van der Waals surface area contributed by atoms with E-state index in [1.807, 2.05) is 18.2 Å². The number of rotatable bonds is 5. The van der Waals surface area contributed by atoms with Crippen molar-refractivity contribution in [3.05, 3.63) is 28.2 Å². The fraction of sp³-hybridized carbons (Fsp3) is 0.538. The van der Waals surface area contributed by atoms with Gasteiger partial charge < -0.3 is 10.5 Å². The Bertz CT molecular complexity index is 339. The van der Waals surface area contributed by atoms with Crippen LogP contribution in [-0.4, -0.2) is 7.11 Å². The lowest BCUT2D eigenvalue weighted by atomic mass is 9.98. The van der Waals surface area contributed by atoms with Crippen LogP contribution < -0.4 is 10.5 Å². The van der Waals surface area contributed by atoms with Gasteiger partial charge >= 0.3 is 0 Å². The van der Waals surface area contributed by atoms with E-state index in [9.17, 15) is 0 Å². The molecule has 1 atom stereocenters. The Hall–Kier alpha value is -0.540. The van der Waals surface area contributed by atoms with E-state index in [0.29, 0.717) is 5.92 Å². The average Bonchev–Trinajstić information content (AvgIpc) is 2.25. The molecule has 2 nitrogen and oxygen atoms in total. The van der Waals surface area contributed by atoms with E-state index in [0.717, 1.165) is 28.6 Å². The molecule has 0 fully saturated rings. The molecule has 0 aliphatic rings. The first kappa shape index (κ1) is 13.5. The molecule has 0 aliphatic heterocycles. The lowest BCUT2D eigenvalue weighted by Gasteiger charge is -2.15. The standard InChI is InChI=1S/C13H20BrNO/c1-9(2)4-7-13(15)11-6-5-10(16-3)8-12(11)14/h5-6,8-9,13H,4,7,15H2,1-3H3. The zero-order chi connectivity index (χ0) is 12.1. The van der Waals surface area contributed by atoms with E-state index in [1.54, 1.807) is 7.11 Å². The van der Waals surface area contributed by atoms with Gasteiger partial charge in [-0.2, -0.15) is 0 Å². The van der Waals surface area contributed by atoms with Gasteiger partial charge in [0.2, 0.25) is 0 Å². The van der Waals surface area contributed by atoms with Crippen molar-refractivity contribution in [1.82, 2.24) is 0 Å². The van der Waals surface area contributed by atoms with E-state index in [4.69, 9.17) is 10.5 Å². The van der Waals surface area contributed by atoms with Gasteiger partial charge in [0, 0.05) is 10.5 Å². The second-order valence-electron chi connectivity index (χ2n) is 4.47. The molecule has 3 heteroatoms. The molecular weight excluding hydrogens is 266 g/mol. The second kappa shape index (κ2) is 6.26. The van der Waals surface area contributed by atoms with Crippen LogP contribution >= 0.6 is 15.9 Å². The van der Waals surface area contributed by atoms with Crippen molar-refractivity contribution in [2.75, 3.05) is 7.11 Å². The molecule has 0 spiro atoms. The summed E-state index contributed by atoms with van der Waals surface area (Å²) in [6.45, 7) is 4.44. The third kappa shape index (κ3) is 3.80. The minimum atomic E-state index is 0.0997. The largest absolute Gasteiger partial charge is 0.497 e. The summed E-state index contributed by atoms with van der Waals surface area (Å²) in [7, 11) is 1.67. The Balaban J connectivity index is 2.71. The average molecular weight is 286 g/mol. The Kier molecular flexibility index (Phi) is 5.29. The zero-order valence-electron chi connectivity index (χ0n) is 10.2. The number of halogens is 1. The van der Waals surface area contributed by atoms with Gasteiger partial charge in [-0.3, -0.25) is 0 Å². The van der Waals surface area contributed by atoms with Gasteiger partial charge in [0.15, 0.2) is 0 Å². The van der Waals surface area contributed by atoms with Crippen molar-refractivity contribution < 1.29 is 4.74 Å². The van der Waals surface area contributed by atoms with Gasteiger partial charge in [0.1, 0.15) is 5.75 Å². The molecule has 1 rings (SSSR count). The maximum absolute atomic E-state index is 6.16. The van der Waals surface area contributed by atoms with Crippen molar-refractivity contribution in [3.63, 3.8) is 0 Å². The summed E-state index contributed by atoms with van der Waals surface area (Å²) in [5.74, 6) is 1.55. The summed E-state index contributed by atoms with van der Waals surface area (Å²) in [6.07, 6.45) is 2.17. The highest BCUT2D eigenvalue weighted by molar-refractivity contribution is 9.10. The van der Waals surface area contributed by atoms with Crippen LogP contribution in [0.3, 0.4) is 0 Å². The molecule has 16 heavy (non-hydrogen) atoms. The molecule has 1 aromatic carbocycles. The zero-order valence-corrected chi connectivity index (χ0v) is 11.8. The number of hydrogen-bond acceptors (Lipinski definition) is 2. The van der Waals surface area contributed by atoms with Crippen molar-refractivity contribution in [2.45, 2.75) is 32.7 Å². The highest BCUT2D eigenvalue weighted by Gasteiger charge is 2.11. The normalized spacial score (nSPS) is 12.9. The number of ether oxygens (including phenoxy) is 1. The molecule has 1 aromatic rings. The molecule has 0 aromatic heterocycles. The van der Waals surface area contributed by atoms with E-state index in [1.165, 1.54) is 0 Å². The van der Waals surface area contributed by atoms with Gasteiger partial charge in [-0.25, -0.2) is 0 Å². The SMILES string of the molecule is COc1ccc(C(N)CCC(C)C)c(Br)c1. The highest BCUT2D eigenvalue weighted by atomic mass is 79.9. The second-order valence-corrected chi connectivity index (χ2v) is 5.32. The molecule has 2 N–H and O–H groups in total. The van der Waals surface area contributed by atoms with Gasteiger partial charge in [-0.05, 0) is 36.5 Å². The van der Waals surface area contributed by atoms with Crippen LogP contribution in [0.2, 0.25) is 0 Å². The molecule has 0 heterocycles. The smallest absolute Gasteiger partial charge is 0.120 e. The lowest BCUT2D eigenvalue weighted by Crippen LogP contribution is -2.11. The maximum atomic E-state index is 6.16. The Morgan fingerprint density at radius 1 is 1.31 bits per heavy atom. The van der Waals surface area contributed by atoms with Crippen LogP contribution in [0.5, 0.6) is 5.75 Å². The fourth-order valence-corrected chi connectivity index (χ4v) is 2.26. The molecule has 90 valence electrons. The van der Waals surface area contributed by atoms with Crippen molar-refractivity contribution in [1.29, 1.82) is 0 Å². The number of benzene rings is 1. The van der Waals surface area contributed by atoms with Gasteiger partial charge in [-0.15, -0.1) is 0 Å². The van der Waals surface area contributed by atoms with Gasteiger partial charge in [-0.1, -0.05) is 35.8 Å². The molecular formula is C13H20BrNO. The minimum absolute atomic E-state index is 0.0997. The highest BCUT2D eigenvalue weighted by Crippen LogP contribution is 2.29. The molecule has 1 unspecified atom stereocenters. The summed E-state index contributed by atoms with van der Waals surface area (Å²) in [5, 5.41) is 0. The Morgan fingerprint density at radius 3 is 2.50 bits per heavy atom. The molecule has 0 amide bonds. The topological polar surface area (TPSA) is 35.2 Å². The summed E-state index contributed by atoms with van der Waals surface area (Å²) in [4.78, 5) is 0. The van der Waals surface area contributed by atoms with E-state index in [2.05, 4.69) is 29.8 Å². The van der Waals surface area contributed by atoms with Crippen LogP contribution in [0.15, 0.2) is 22.7 Å². The number of hydrogen-bond donors (Lipinski definition) is 1. The van der Waals surface area contributed by atoms with Gasteiger partial charge in [0.05, 0.1) is 7.11 Å². The predicted molar refractivity (Wildman–Crippen MR) is 71.7 cm³/mol. The molecule has 0 bridgehead atoms. The maximum Gasteiger partial charge on any atom is 0.120 e. The first-order valence-electron chi connectivity index (χ1n) is 5.63. The summed E-state index contributed by atoms with van der Waals surface area (Å²) < 4.78 is 6.19. The summed E-state index contributed by atoms with van der Waals surface area (Å²) in [5.41, 5.74) is 7.32. The molecule has 0 saturated carbocycles. The lowest BCUT2D eigenvalue weighted by molar-refractivity contribution is 0.414. The predicted octanol–water partition coefficient (Wildman–Crippen LogP) is 3.89. The fourth-order valence-electron chi connectivity index (χ4n) is 1.60. The number of nitrogens with two attached hydrogens (primary N) is 1. The quantitative estimate of drug-likeness (QED) is 0.891. The monoisotopic (exact) mass is 285 g/mol. The first-order chi connectivity index (χ1) is 7.54. The summed E-state index contributed by atoms with van der Waals surface area (Å²) in [6, 6.07) is 6.05. The van der Waals surface area contributed by atoms with E-state index >= 15 is 0 Å². The van der Waals surface area contributed by atoms with Crippen LogP contribution in [0.4, 0.5) is 0 Å². The Labute approximate surface area is 106 Å². The van der Waals surface area contributed by atoms with Crippen LogP contribution in [-0.2, 0) is 0 Å². The molecule has 0 radical (unpaired) electrons. The van der Waals surface area contributed by atoms with Crippen molar-refractivity contribution in [2.24, 2.45) is 11.7 Å². The van der Waals surface area contributed by atoms with Crippen LogP contribution in [0, 0.1) is 5.92 Å². The summed E-state index contributed by atoms with van der Waals surface area (Å²) >= 11 is 3.54. The van der Waals surface area contributed by atoms with Crippen LogP contribution in [0.25, 0.3) is 0 Å². The Morgan fingerprint density at radius 2 is 2.00 bits per heavy atom. The van der Waals surface area contributed by atoms with E-state index < -0.39 is 0 Å². The third-order valence-corrected chi connectivity index (χ3v) is 3.35.